The number of amides is 1. The molecule has 5 nitrogen and oxygen atoms in total. The van der Waals surface area contributed by atoms with Crippen LogP contribution < -0.4 is 5.43 Å². The molecule has 1 amide bonds. The number of hydrogen-bond donors (Lipinski definition) is 2. The lowest BCUT2D eigenvalue weighted by molar-refractivity contribution is 0.0959. The fourth-order valence-corrected chi connectivity index (χ4v) is 5.24. The minimum Gasteiger partial charge on any atom is -0.277 e. The van der Waals surface area contributed by atoms with E-state index >= 15 is 0 Å². The van der Waals surface area contributed by atoms with Crippen LogP contribution in [-0.2, 0) is 6.42 Å². The molecule has 29 heavy (non-hydrogen) atoms. The highest BCUT2D eigenvalue weighted by Crippen LogP contribution is 2.39. The number of aromatic amines is 1. The molecule has 146 valence electrons. The maximum atomic E-state index is 12.6. The van der Waals surface area contributed by atoms with Crippen molar-refractivity contribution in [2.45, 2.75) is 13.3 Å². The van der Waals surface area contributed by atoms with Crippen LogP contribution in [0.15, 0.2) is 58.2 Å². The second-order valence-electron chi connectivity index (χ2n) is 6.31. The molecular formula is C21H16BrClN4OS. The second kappa shape index (κ2) is 8.49. The number of H-pyrrole nitrogens is 1. The van der Waals surface area contributed by atoms with E-state index in [2.05, 4.69) is 55.7 Å². The number of thiophene rings is 1. The van der Waals surface area contributed by atoms with Gasteiger partial charge in [0.05, 0.1) is 23.1 Å². The minimum atomic E-state index is -0.350. The predicted molar refractivity (Wildman–Crippen MR) is 123 cm³/mol. The number of benzene rings is 2. The van der Waals surface area contributed by atoms with Crippen LogP contribution in [0.25, 0.3) is 21.3 Å². The molecule has 0 saturated heterocycles. The van der Waals surface area contributed by atoms with E-state index in [0.717, 1.165) is 37.8 Å². The summed E-state index contributed by atoms with van der Waals surface area (Å²) in [5, 5.41) is 12.4. The van der Waals surface area contributed by atoms with E-state index < -0.39 is 0 Å². The number of nitrogens with zero attached hydrogens (tertiary/aromatic N) is 2. The highest BCUT2D eigenvalue weighted by atomic mass is 79.9. The number of carbonyl (C=O) groups is 1. The molecule has 2 aromatic heterocycles. The van der Waals surface area contributed by atoms with Gasteiger partial charge in [-0.2, -0.15) is 10.2 Å². The Kier molecular flexibility index (Phi) is 5.80. The Labute approximate surface area is 184 Å². The van der Waals surface area contributed by atoms with Gasteiger partial charge in [-0.05, 0) is 24.1 Å². The Morgan fingerprint density at radius 2 is 2.10 bits per heavy atom. The number of aromatic nitrogens is 2. The molecule has 4 aromatic rings. The summed E-state index contributed by atoms with van der Waals surface area (Å²) in [5.74, 6) is -0.350. The van der Waals surface area contributed by atoms with Crippen molar-refractivity contribution in [1.29, 1.82) is 0 Å². The van der Waals surface area contributed by atoms with Crippen molar-refractivity contribution in [3.63, 3.8) is 0 Å². The van der Waals surface area contributed by atoms with Gasteiger partial charge in [-0.3, -0.25) is 9.89 Å². The summed E-state index contributed by atoms with van der Waals surface area (Å²) in [4.78, 5) is 13.0. The van der Waals surface area contributed by atoms with Crippen molar-refractivity contribution in [2.24, 2.45) is 5.10 Å². The molecule has 0 aliphatic heterocycles. The lowest BCUT2D eigenvalue weighted by Crippen LogP contribution is -2.16. The van der Waals surface area contributed by atoms with Crippen LogP contribution in [0, 0.1) is 0 Å². The summed E-state index contributed by atoms with van der Waals surface area (Å²) in [6.45, 7) is 2.12. The Morgan fingerprint density at radius 1 is 1.31 bits per heavy atom. The molecule has 0 radical (unpaired) electrons. The molecule has 2 aromatic carbocycles. The topological polar surface area (TPSA) is 70.1 Å². The first-order valence-corrected chi connectivity index (χ1v) is 10.9. The van der Waals surface area contributed by atoms with Crippen LogP contribution in [0.2, 0.25) is 5.02 Å². The standard InChI is InChI=1S/C21H16BrClN4OS/c1-2-12-6-8-13(9-7-12)19-14(10-24-26-19)11-25-27-21(28)20-18(23)17-15(22)4-3-5-16(17)29-20/h3-11H,2H2,1H3,(H,24,26)(H,27,28)/b25-11-. The van der Waals surface area contributed by atoms with Gasteiger partial charge in [0, 0.05) is 25.7 Å². The summed E-state index contributed by atoms with van der Waals surface area (Å²) >= 11 is 11.2. The zero-order chi connectivity index (χ0) is 20.4. The summed E-state index contributed by atoms with van der Waals surface area (Å²) in [6.07, 6.45) is 4.23. The third-order valence-corrected chi connectivity index (χ3v) is 6.81. The summed E-state index contributed by atoms with van der Waals surface area (Å²) in [5.41, 5.74) is 6.45. The van der Waals surface area contributed by atoms with Crippen molar-refractivity contribution >= 4 is 61.1 Å². The van der Waals surface area contributed by atoms with Crippen molar-refractivity contribution in [1.82, 2.24) is 15.6 Å². The van der Waals surface area contributed by atoms with Gasteiger partial charge in [-0.15, -0.1) is 11.3 Å². The number of hydrazone groups is 1. The van der Waals surface area contributed by atoms with E-state index in [1.54, 1.807) is 12.4 Å². The largest absolute Gasteiger partial charge is 0.283 e. The lowest BCUT2D eigenvalue weighted by atomic mass is 10.1. The normalized spacial score (nSPS) is 11.4. The van der Waals surface area contributed by atoms with Gasteiger partial charge in [0.25, 0.3) is 5.91 Å². The summed E-state index contributed by atoms with van der Waals surface area (Å²) < 4.78 is 1.79. The zero-order valence-corrected chi connectivity index (χ0v) is 18.5. The van der Waals surface area contributed by atoms with E-state index in [4.69, 9.17) is 11.6 Å². The molecule has 0 unspecified atom stereocenters. The Hall–Kier alpha value is -2.48. The number of aryl methyl sites for hydroxylation is 1. The third-order valence-electron chi connectivity index (χ3n) is 4.50. The minimum absolute atomic E-state index is 0.350. The monoisotopic (exact) mass is 486 g/mol. The Morgan fingerprint density at radius 3 is 2.83 bits per heavy atom. The first-order valence-electron chi connectivity index (χ1n) is 8.91. The van der Waals surface area contributed by atoms with Gasteiger partial charge < -0.3 is 0 Å². The molecule has 0 fully saturated rings. The van der Waals surface area contributed by atoms with Crippen LogP contribution in [-0.4, -0.2) is 22.3 Å². The summed E-state index contributed by atoms with van der Waals surface area (Å²) in [6, 6.07) is 14.0. The van der Waals surface area contributed by atoms with E-state index in [9.17, 15) is 4.79 Å². The van der Waals surface area contributed by atoms with Gasteiger partial charge in [0.2, 0.25) is 0 Å². The first-order chi connectivity index (χ1) is 14.1. The maximum absolute atomic E-state index is 12.6. The van der Waals surface area contributed by atoms with Gasteiger partial charge in [0.15, 0.2) is 0 Å². The average molecular weight is 488 g/mol. The number of hydrogen-bond acceptors (Lipinski definition) is 4. The molecule has 2 heterocycles. The number of rotatable bonds is 5. The average Bonchev–Trinajstić information content (AvgIpc) is 3.33. The van der Waals surface area contributed by atoms with Crippen molar-refractivity contribution in [3.05, 3.63) is 74.2 Å². The molecule has 2 N–H and O–H groups in total. The van der Waals surface area contributed by atoms with Crippen molar-refractivity contribution in [2.75, 3.05) is 0 Å². The van der Waals surface area contributed by atoms with E-state index in [-0.39, 0.29) is 5.91 Å². The van der Waals surface area contributed by atoms with Crippen LogP contribution in [0.3, 0.4) is 0 Å². The predicted octanol–water partition coefficient (Wildman–Crippen LogP) is 6.03. The molecule has 0 atom stereocenters. The SMILES string of the molecule is CCc1ccc(-c2[nH]ncc2/C=N\NC(=O)c2sc3cccc(Br)c3c2Cl)cc1. The number of carbonyl (C=O) groups excluding carboxylic acids is 1. The van der Waals surface area contributed by atoms with E-state index in [0.29, 0.717) is 9.90 Å². The molecule has 8 heteroatoms. The fraction of sp³-hybridized carbons (Fsp3) is 0.0952. The first kappa shape index (κ1) is 19.8. The lowest BCUT2D eigenvalue weighted by Gasteiger charge is -2.02. The smallest absolute Gasteiger partial charge is 0.277 e. The highest BCUT2D eigenvalue weighted by Gasteiger charge is 2.18. The third kappa shape index (κ3) is 3.99. The molecule has 0 aliphatic rings. The van der Waals surface area contributed by atoms with E-state index in [1.807, 2.05) is 30.3 Å². The van der Waals surface area contributed by atoms with Crippen molar-refractivity contribution < 1.29 is 4.79 Å². The van der Waals surface area contributed by atoms with Crippen LogP contribution in [0.1, 0.15) is 27.7 Å². The van der Waals surface area contributed by atoms with Gasteiger partial charge in [-0.1, -0.05) is 64.8 Å². The fourth-order valence-electron chi connectivity index (χ4n) is 2.96. The van der Waals surface area contributed by atoms with Crippen molar-refractivity contribution in [3.8, 4) is 11.3 Å². The Balaban J connectivity index is 1.53. The maximum Gasteiger partial charge on any atom is 0.283 e. The quantitative estimate of drug-likeness (QED) is 0.266. The molecular weight excluding hydrogens is 472 g/mol. The number of halogens is 2. The van der Waals surface area contributed by atoms with Gasteiger partial charge in [-0.25, -0.2) is 5.43 Å². The molecule has 0 spiro atoms. The highest BCUT2D eigenvalue weighted by molar-refractivity contribution is 9.10. The number of nitrogens with one attached hydrogen (secondary N) is 2. The van der Waals surface area contributed by atoms with Crippen LogP contribution in [0.4, 0.5) is 0 Å². The molecule has 0 aliphatic carbocycles. The summed E-state index contributed by atoms with van der Waals surface area (Å²) in [7, 11) is 0. The van der Waals surface area contributed by atoms with Gasteiger partial charge >= 0.3 is 0 Å². The zero-order valence-electron chi connectivity index (χ0n) is 15.4. The van der Waals surface area contributed by atoms with Crippen LogP contribution in [0.5, 0.6) is 0 Å². The number of fused-ring (bicyclic) bond motifs is 1. The molecule has 0 bridgehead atoms. The molecule has 4 rings (SSSR count). The second-order valence-corrected chi connectivity index (χ2v) is 8.59. The van der Waals surface area contributed by atoms with Crippen LogP contribution >= 0.6 is 38.9 Å². The molecule has 0 saturated carbocycles. The van der Waals surface area contributed by atoms with Gasteiger partial charge in [0.1, 0.15) is 4.88 Å². The Bertz CT molecular complexity index is 1210. The van der Waals surface area contributed by atoms with E-state index in [1.165, 1.54) is 16.9 Å².